The van der Waals surface area contributed by atoms with Crippen LogP contribution in [-0.2, 0) is 0 Å². The van der Waals surface area contributed by atoms with E-state index in [0.717, 1.165) is 30.6 Å². The highest BCUT2D eigenvalue weighted by molar-refractivity contribution is 6.06. The molecule has 0 aromatic heterocycles. The van der Waals surface area contributed by atoms with Gasteiger partial charge in [-0.1, -0.05) is 48.7 Å². The zero-order valence-electron chi connectivity index (χ0n) is 13.1. The molecule has 0 bridgehead atoms. The normalized spacial score (nSPS) is 10.4. The Balaban J connectivity index is 2.28. The molecule has 2 rings (SSSR count). The molecule has 0 unspecified atom stereocenters. The Bertz CT molecular complexity index is 584. The minimum Gasteiger partial charge on any atom is -0.308 e. The van der Waals surface area contributed by atoms with Crippen LogP contribution in [-0.4, -0.2) is 12.5 Å². The van der Waals surface area contributed by atoms with Crippen LogP contribution in [0.5, 0.6) is 0 Å². The maximum atomic E-state index is 12.8. The van der Waals surface area contributed by atoms with Gasteiger partial charge in [0.15, 0.2) is 0 Å². The van der Waals surface area contributed by atoms with Gasteiger partial charge in [0.2, 0.25) is 0 Å². The molecule has 1 amide bonds. The van der Waals surface area contributed by atoms with Gasteiger partial charge in [-0.3, -0.25) is 4.79 Å². The molecule has 0 saturated heterocycles. The Morgan fingerprint density at radius 2 is 1.43 bits per heavy atom. The van der Waals surface area contributed by atoms with Crippen LogP contribution >= 0.6 is 0 Å². The summed E-state index contributed by atoms with van der Waals surface area (Å²) in [6, 6.07) is 15.9. The fraction of sp³-hybridized carbons (Fsp3) is 0.316. The molecule has 110 valence electrons. The van der Waals surface area contributed by atoms with Crippen LogP contribution in [0.25, 0.3) is 0 Å². The number of hydrogen-bond donors (Lipinski definition) is 0. The molecule has 0 aliphatic carbocycles. The molecular weight excluding hydrogens is 258 g/mol. The first-order chi connectivity index (χ1) is 10.1. The maximum Gasteiger partial charge on any atom is 0.258 e. The van der Waals surface area contributed by atoms with Crippen LogP contribution in [0.2, 0.25) is 0 Å². The van der Waals surface area contributed by atoms with Crippen LogP contribution in [0, 0.1) is 13.8 Å². The summed E-state index contributed by atoms with van der Waals surface area (Å²) in [6.07, 6.45) is 2.08. The van der Waals surface area contributed by atoms with E-state index >= 15 is 0 Å². The van der Waals surface area contributed by atoms with Gasteiger partial charge >= 0.3 is 0 Å². The van der Waals surface area contributed by atoms with Crippen LogP contribution < -0.4 is 4.90 Å². The van der Waals surface area contributed by atoms with Gasteiger partial charge < -0.3 is 4.90 Å². The van der Waals surface area contributed by atoms with Crippen LogP contribution in [0.15, 0.2) is 48.5 Å². The lowest BCUT2D eigenvalue weighted by atomic mass is 10.1. The summed E-state index contributed by atoms with van der Waals surface area (Å²) in [5.74, 6) is 0.0762. The summed E-state index contributed by atoms with van der Waals surface area (Å²) in [6.45, 7) is 6.99. The predicted octanol–water partition coefficient (Wildman–Crippen LogP) is 4.75. The monoisotopic (exact) mass is 281 g/mol. The average molecular weight is 281 g/mol. The van der Waals surface area contributed by atoms with Gasteiger partial charge in [-0.2, -0.15) is 0 Å². The smallest absolute Gasteiger partial charge is 0.258 e. The number of carbonyl (C=O) groups is 1. The van der Waals surface area contributed by atoms with Gasteiger partial charge in [0, 0.05) is 17.8 Å². The second-order valence-electron chi connectivity index (χ2n) is 5.51. The molecule has 0 aliphatic rings. The molecule has 21 heavy (non-hydrogen) atoms. The van der Waals surface area contributed by atoms with E-state index in [1.54, 1.807) is 0 Å². The highest BCUT2D eigenvalue weighted by Crippen LogP contribution is 2.19. The molecule has 0 fully saturated rings. The minimum atomic E-state index is 0.0762. The molecule has 0 N–H and O–H groups in total. The molecule has 0 heterocycles. The molecule has 0 atom stereocenters. The minimum absolute atomic E-state index is 0.0762. The molecule has 0 saturated carbocycles. The van der Waals surface area contributed by atoms with Gasteiger partial charge in [0.05, 0.1) is 0 Å². The summed E-state index contributed by atoms with van der Waals surface area (Å²) in [4.78, 5) is 14.7. The number of amides is 1. The van der Waals surface area contributed by atoms with Crippen molar-refractivity contribution in [3.63, 3.8) is 0 Å². The zero-order valence-corrected chi connectivity index (χ0v) is 13.1. The number of nitrogens with zero attached hydrogens (tertiary/aromatic N) is 1. The zero-order chi connectivity index (χ0) is 15.2. The summed E-state index contributed by atoms with van der Waals surface area (Å²) in [7, 11) is 0. The van der Waals surface area contributed by atoms with Gasteiger partial charge in [-0.15, -0.1) is 0 Å². The quantitative estimate of drug-likeness (QED) is 0.774. The highest BCUT2D eigenvalue weighted by Gasteiger charge is 2.16. The van der Waals surface area contributed by atoms with E-state index in [9.17, 15) is 4.79 Å². The first kappa shape index (κ1) is 15.3. The second kappa shape index (κ2) is 7.07. The fourth-order valence-corrected chi connectivity index (χ4v) is 2.24. The predicted molar refractivity (Wildman–Crippen MR) is 88.9 cm³/mol. The van der Waals surface area contributed by atoms with E-state index in [4.69, 9.17) is 0 Å². The number of aryl methyl sites for hydroxylation is 2. The summed E-state index contributed by atoms with van der Waals surface area (Å²) < 4.78 is 0. The molecule has 2 nitrogen and oxygen atoms in total. The van der Waals surface area contributed by atoms with Crippen molar-refractivity contribution in [3.8, 4) is 0 Å². The Labute approximate surface area is 127 Å². The van der Waals surface area contributed by atoms with Crippen molar-refractivity contribution in [1.82, 2.24) is 0 Å². The molecule has 2 aromatic rings. The summed E-state index contributed by atoms with van der Waals surface area (Å²) in [5, 5.41) is 0. The first-order valence-corrected chi connectivity index (χ1v) is 7.57. The third-order valence-electron chi connectivity index (χ3n) is 3.62. The molecule has 0 aliphatic heterocycles. The van der Waals surface area contributed by atoms with Crippen molar-refractivity contribution in [2.24, 2.45) is 0 Å². The van der Waals surface area contributed by atoms with Crippen LogP contribution in [0.1, 0.15) is 41.3 Å². The van der Waals surface area contributed by atoms with Gasteiger partial charge in [0.1, 0.15) is 0 Å². The number of unbranched alkanes of at least 4 members (excludes halogenated alkanes) is 1. The number of anilines is 1. The second-order valence-corrected chi connectivity index (χ2v) is 5.51. The van der Waals surface area contributed by atoms with Crippen LogP contribution in [0.4, 0.5) is 5.69 Å². The third kappa shape index (κ3) is 3.94. The van der Waals surface area contributed by atoms with Crippen molar-refractivity contribution in [1.29, 1.82) is 0 Å². The topological polar surface area (TPSA) is 20.3 Å². The van der Waals surface area contributed by atoms with Crippen molar-refractivity contribution >= 4 is 11.6 Å². The lowest BCUT2D eigenvalue weighted by Crippen LogP contribution is -2.31. The van der Waals surface area contributed by atoms with E-state index < -0.39 is 0 Å². The van der Waals surface area contributed by atoms with E-state index in [-0.39, 0.29) is 5.91 Å². The van der Waals surface area contributed by atoms with E-state index in [1.807, 2.05) is 48.2 Å². The Kier molecular flexibility index (Phi) is 5.15. The van der Waals surface area contributed by atoms with Gasteiger partial charge in [0.25, 0.3) is 5.91 Å². The van der Waals surface area contributed by atoms with Crippen molar-refractivity contribution in [2.75, 3.05) is 11.4 Å². The third-order valence-corrected chi connectivity index (χ3v) is 3.62. The van der Waals surface area contributed by atoms with Gasteiger partial charge in [-0.05, 0) is 44.5 Å². The molecule has 0 radical (unpaired) electrons. The lowest BCUT2D eigenvalue weighted by molar-refractivity contribution is 0.0986. The molecule has 2 aromatic carbocycles. The largest absolute Gasteiger partial charge is 0.308 e. The standard InChI is InChI=1S/C19H23NO/c1-4-5-14-20(18-12-8-16(3)9-13-18)19(21)17-10-6-15(2)7-11-17/h6-13H,4-5,14H2,1-3H3. The SMILES string of the molecule is CCCCN(C(=O)c1ccc(C)cc1)c1ccc(C)cc1. The maximum absolute atomic E-state index is 12.8. The van der Waals surface area contributed by atoms with Crippen LogP contribution in [0.3, 0.4) is 0 Å². The number of benzene rings is 2. The Hall–Kier alpha value is -2.09. The molecule has 2 heteroatoms. The van der Waals surface area contributed by atoms with Crippen molar-refractivity contribution in [2.45, 2.75) is 33.6 Å². The molecule has 0 spiro atoms. The number of rotatable bonds is 5. The Morgan fingerprint density at radius 1 is 0.905 bits per heavy atom. The molecular formula is C19H23NO. The van der Waals surface area contributed by atoms with E-state index in [2.05, 4.69) is 26.0 Å². The van der Waals surface area contributed by atoms with Gasteiger partial charge in [-0.25, -0.2) is 0 Å². The van der Waals surface area contributed by atoms with E-state index in [0.29, 0.717) is 0 Å². The summed E-state index contributed by atoms with van der Waals surface area (Å²) in [5.41, 5.74) is 4.09. The highest BCUT2D eigenvalue weighted by atomic mass is 16.2. The van der Waals surface area contributed by atoms with Crippen molar-refractivity contribution in [3.05, 3.63) is 65.2 Å². The first-order valence-electron chi connectivity index (χ1n) is 7.57. The Morgan fingerprint density at radius 3 is 1.95 bits per heavy atom. The van der Waals surface area contributed by atoms with E-state index in [1.165, 1.54) is 11.1 Å². The summed E-state index contributed by atoms with van der Waals surface area (Å²) >= 11 is 0. The van der Waals surface area contributed by atoms with Crippen molar-refractivity contribution < 1.29 is 4.79 Å². The number of carbonyl (C=O) groups excluding carboxylic acids is 1. The number of hydrogen-bond acceptors (Lipinski definition) is 1. The lowest BCUT2D eigenvalue weighted by Gasteiger charge is -2.23. The average Bonchev–Trinajstić information content (AvgIpc) is 2.50. The fourth-order valence-electron chi connectivity index (χ4n) is 2.24.